The molecule has 0 atom stereocenters. The lowest BCUT2D eigenvalue weighted by atomic mass is 10.0. The van der Waals surface area contributed by atoms with Crippen LogP contribution in [0, 0.1) is 0 Å². The molecule has 0 saturated carbocycles. The molecular weight excluding hydrogens is 208 g/mol. The van der Waals surface area contributed by atoms with E-state index in [0.29, 0.717) is 0 Å². The molecule has 0 aromatic rings. The van der Waals surface area contributed by atoms with Crippen molar-refractivity contribution in [1.29, 1.82) is 0 Å². The first kappa shape index (κ1) is 15.2. The highest BCUT2D eigenvalue weighted by molar-refractivity contribution is 5.59. The summed E-state index contributed by atoms with van der Waals surface area (Å²) in [4.78, 5) is 20.7. The molecule has 0 fully saturated rings. The van der Waals surface area contributed by atoms with Crippen molar-refractivity contribution in [1.82, 2.24) is 0 Å². The summed E-state index contributed by atoms with van der Waals surface area (Å²) in [6.07, 6.45) is 3.26. The SMILES string of the molecule is CCCCCC(C)(C)OOC(=O)OC(C)C. The highest BCUT2D eigenvalue weighted by atomic mass is 17.2. The Morgan fingerprint density at radius 3 is 2.38 bits per heavy atom. The zero-order valence-electron chi connectivity index (χ0n) is 11.0. The predicted molar refractivity (Wildman–Crippen MR) is 62.0 cm³/mol. The van der Waals surface area contributed by atoms with Crippen LogP contribution in [0.4, 0.5) is 4.79 Å². The van der Waals surface area contributed by atoms with Gasteiger partial charge < -0.3 is 4.74 Å². The van der Waals surface area contributed by atoms with Gasteiger partial charge in [-0.1, -0.05) is 26.2 Å². The Hall–Kier alpha value is -0.770. The molecule has 4 heteroatoms. The Kier molecular flexibility index (Phi) is 7.13. The van der Waals surface area contributed by atoms with Crippen LogP contribution >= 0.6 is 0 Å². The molecule has 0 spiro atoms. The topological polar surface area (TPSA) is 44.8 Å². The molecule has 0 aliphatic heterocycles. The van der Waals surface area contributed by atoms with Gasteiger partial charge in [-0.2, -0.15) is 4.89 Å². The minimum absolute atomic E-state index is 0.195. The second kappa shape index (κ2) is 7.49. The molecule has 0 rings (SSSR count). The normalized spacial score (nSPS) is 11.6. The number of hydrogen-bond acceptors (Lipinski definition) is 4. The van der Waals surface area contributed by atoms with Gasteiger partial charge in [0.1, 0.15) is 5.60 Å². The van der Waals surface area contributed by atoms with Crippen LogP contribution in [0.3, 0.4) is 0 Å². The molecule has 0 N–H and O–H groups in total. The molecule has 0 bridgehead atoms. The highest BCUT2D eigenvalue weighted by Crippen LogP contribution is 2.19. The summed E-state index contributed by atoms with van der Waals surface area (Å²) in [7, 11) is 0. The zero-order valence-corrected chi connectivity index (χ0v) is 11.0. The van der Waals surface area contributed by atoms with E-state index in [4.69, 9.17) is 9.62 Å². The first-order chi connectivity index (χ1) is 7.37. The molecular formula is C12H24O4. The first-order valence-electron chi connectivity index (χ1n) is 5.93. The van der Waals surface area contributed by atoms with Gasteiger partial charge in [-0.15, -0.1) is 0 Å². The van der Waals surface area contributed by atoms with Crippen molar-refractivity contribution >= 4 is 6.16 Å². The Bertz CT molecular complexity index is 199. The molecule has 0 aliphatic rings. The summed E-state index contributed by atoms with van der Waals surface area (Å²) in [6.45, 7) is 9.45. The third-order valence-electron chi connectivity index (χ3n) is 2.05. The predicted octanol–water partition coefficient (Wildman–Crippen LogP) is 3.84. The Balaban J connectivity index is 3.75. The lowest BCUT2D eigenvalue weighted by Crippen LogP contribution is -2.27. The molecule has 0 heterocycles. The van der Waals surface area contributed by atoms with E-state index in [0.717, 1.165) is 25.7 Å². The molecule has 0 aromatic carbocycles. The van der Waals surface area contributed by atoms with Gasteiger partial charge >= 0.3 is 6.16 Å². The van der Waals surface area contributed by atoms with Crippen molar-refractivity contribution in [3.05, 3.63) is 0 Å². The van der Waals surface area contributed by atoms with Crippen LogP contribution in [0.25, 0.3) is 0 Å². The number of carbonyl (C=O) groups is 1. The number of carbonyl (C=O) groups excluding carboxylic acids is 1. The van der Waals surface area contributed by atoms with Crippen molar-refractivity contribution in [3.63, 3.8) is 0 Å². The van der Waals surface area contributed by atoms with Crippen molar-refractivity contribution in [2.45, 2.75) is 72.0 Å². The second-order valence-electron chi connectivity index (χ2n) is 4.80. The van der Waals surface area contributed by atoms with E-state index in [2.05, 4.69) is 11.8 Å². The second-order valence-corrected chi connectivity index (χ2v) is 4.80. The summed E-state index contributed by atoms with van der Waals surface area (Å²) in [5, 5.41) is 0. The lowest BCUT2D eigenvalue weighted by molar-refractivity contribution is -0.320. The molecule has 4 nitrogen and oxygen atoms in total. The van der Waals surface area contributed by atoms with Crippen molar-refractivity contribution < 1.29 is 19.3 Å². The summed E-state index contributed by atoms with van der Waals surface area (Å²) in [6, 6.07) is 0. The van der Waals surface area contributed by atoms with E-state index in [1.54, 1.807) is 13.8 Å². The smallest absolute Gasteiger partial charge is 0.430 e. The average Bonchev–Trinajstić information content (AvgIpc) is 2.14. The van der Waals surface area contributed by atoms with Gasteiger partial charge in [0.05, 0.1) is 6.10 Å². The van der Waals surface area contributed by atoms with Crippen LogP contribution in [-0.2, 0) is 14.5 Å². The Morgan fingerprint density at radius 2 is 1.88 bits per heavy atom. The van der Waals surface area contributed by atoms with Gasteiger partial charge in [0.2, 0.25) is 0 Å². The molecule has 0 amide bonds. The molecule has 16 heavy (non-hydrogen) atoms. The molecule has 0 saturated heterocycles. The molecule has 96 valence electrons. The molecule has 0 aliphatic carbocycles. The highest BCUT2D eigenvalue weighted by Gasteiger charge is 2.22. The molecule has 0 unspecified atom stereocenters. The maximum atomic E-state index is 11.1. The van der Waals surface area contributed by atoms with Crippen LogP contribution in [0.5, 0.6) is 0 Å². The minimum atomic E-state index is -0.779. The number of unbranched alkanes of at least 4 members (excludes halogenated alkanes) is 2. The fourth-order valence-corrected chi connectivity index (χ4v) is 1.20. The van der Waals surface area contributed by atoms with E-state index in [-0.39, 0.29) is 6.10 Å². The van der Waals surface area contributed by atoms with E-state index in [1.807, 2.05) is 13.8 Å². The van der Waals surface area contributed by atoms with Crippen LogP contribution in [-0.4, -0.2) is 17.9 Å². The van der Waals surface area contributed by atoms with Gasteiger partial charge in [0.15, 0.2) is 0 Å². The van der Waals surface area contributed by atoms with Crippen LogP contribution in [0.15, 0.2) is 0 Å². The van der Waals surface area contributed by atoms with Crippen LogP contribution < -0.4 is 0 Å². The van der Waals surface area contributed by atoms with Gasteiger partial charge in [0, 0.05) is 0 Å². The average molecular weight is 232 g/mol. The summed E-state index contributed by atoms with van der Waals surface area (Å²) in [5.41, 5.74) is -0.453. The van der Waals surface area contributed by atoms with Gasteiger partial charge in [-0.25, -0.2) is 4.79 Å². The van der Waals surface area contributed by atoms with E-state index in [9.17, 15) is 4.79 Å². The molecule has 0 radical (unpaired) electrons. The largest absolute Gasteiger partial charge is 0.540 e. The molecule has 0 aromatic heterocycles. The third kappa shape index (κ3) is 8.53. The number of rotatable bonds is 7. The third-order valence-corrected chi connectivity index (χ3v) is 2.05. The maximum absolute atomic E-state index is 11.1. The van der Waals surface area contributed by atoms with Gasteiger partial charge in [-0.3, -0.25) is 4.89 Å². The number of hydrogen-bond donors (Lipinski definition) is 0. The Morgan fingerprint density at radius 1 is 1.25 bits per heavy atom. The van der Waals surface area contributed by atoms with E-state index >= 15 is 0 Å². The lowest BCUT2D eigenvalue weighted by Gasteiger charge is -2.22. The standard InChI is InChI=1S/C12H24O4/c1-6-7-8-9-12(4,5)16-15-11(13)14-10(2)3/h10H,6-9H2,1-5H3. The summed E-state index contributed by atoms with van der Waals surface area (Å²) >= 11 is 0. The van der Waals surface area contributed by atoms with Crippen LogP contribution in [0.1, 0.15) is 60.3 Å². The van der Waals surface area contributed by atoms with Crippen molar-refractivity contribution in [2.24, 2.45) is 0 Å². The Labute approximate surface area is 98.2 Å². The van der Waals surface area contributed by atoms with E-state index in [1.165, 1.54) is 0 Å². The van der Waals surface area contributed by atoms with Crippen molar-refractivity contribution in [3.8, 4) is 0 Å². The quantitative estimate of drug-likeness (QED) is 0.289. The monoisotopic (exact) mass is 232 g/mol. The van der Waals surface area contributed by atoms with Crippen LogP contribution in [0.2, 0.25) is 0 Å². The van der Waals surface area contributed by atoms with E-state index < -0.39 is 11.8 Å². The van der Waals surface area contributed by atoms with Crippen molar-refractivity contribution in [2.75, 3.05) is 0 Å². The van der Waals surface area contributed by atoms with Gasteiger partial charge in [0.25, 0.3) is 0 Å². The summed E-state index contributed by atoms with van der Waals surface area (Å²) in [5.74, 6) is 0. The summed E-state index contributed by atoms with van der Waals surface area (Å²) < 4.78 is 4.79. The van der Waals surface area contributed by atoms with Gasteiger partial charge in [-0.05, 0) is 34.1 Å². The maximum Gasteiger partial charge on any atom is 0.540 e. The number of ether oxygens (including phenoxy) is 1. The zero-order chi connectivity index (χ0) is 12.6. The first-order valence-corrected chi connectivity index (χ1v) is 5.93. The minimum Gasteiger partial charge on any atom is -0.430 e. The fourth-order valence-electron chi connectivity index (χ4n) is 1.20. The fraction of sp³-hybridized carbons (Fsp3) is 0.917.